The number of imidazole rings is 1. The average Bonchev–Trinajstić information content (AvgIpc) is 3.35. The minimum Gasteiger partial charge on any atom is -0.494 e. The molecule has 2 aromatic carbocycles. The normalized spacial score (nSPS) is 22.5. The lowest BCUT2D eigenvalue weighted by Gasteiger charge is -2.50. The SMILES string of the molecule is COc1cccc2[nH]c(CCCN(C)CCC3(OC(=O)CC(F)(F)F)CC4CCC3C=C4c3ccccc3)nc12. The molecule has 3 aliphatic carbocycles. The minimum absolute atomic E-state index is 0.108. The summed E-state index contributed by atoms with van der Waals surface area (Å²) in [6, 6.07) is 15.9. The molecule has 3 aromatic rings. The van der Waals surface area contributed by atoms with Crippen molar-refractivity contribution in [3.05, 3.63) is 66.0 Å². The van der Waals surface area contributed by atoms with E-state index in [1.54, 1.807) is 7.11 Å². The number of nitrogens with one attached hydrogen (secondary N) is 1. The smallest absolute Gasteiger partial charge is 0.399 e. The number of alkyl halides is 3. The second-order valence-electron chi connectivity index (χ2n) is 11.1. The summed E-state index contributed by atoms with van der Waals surface area (Å²) in [4.78, 5) is 22.6. The number of methoxy groups -OCH3 is 1. The molecule has 1 N–H and O–H groups in total. The molecule has 1 fully saturated rings. The van der Waals surface area contributed by atoms with E-state index in [1.807, 2.05) is 43.4 Å². The number of ether oxygens (including phenoxy) is 2. The van der Waals surface area contributed by atoms with Crippen LogP contribution in [0.2, 0.25) is 0 Å². The van der Waals surface area contributed by atoms with Gasteiger partial charge in [0.2, 0.25) is 0 Å². The van der Waals surface area contributed by atoms with Gasteiger partial charge in [0, 0.05) is 25.3 Å². The summed E-state index contributed by atoms with van der Waals surface area (Å²) in [7, 11) is 3.63. The molecule has 0 saturated heterocycles. The highest BCUT2D eigenvalue weighted by atomic mass is 19.4. The number of esters is 1. The molecule has 3 aliphatic rings. The zero-order valence-electron chi connectivity index (χ0n) is 23.0. The topological polar surface area (TPSA) is 67.4 Å². The maximum Gasteiger partial charge on any atom is 0.399 e. The number of carbonyl (C=O) groups is 1. The fraction of sp³-hybridized carbons (Fsp3) is 0.484. The van der Waals surface area contributed by atoms with Crippen LogP contribution in [-0.4, -0.2) is 59.9 Å². The van der Waals surface area contributed by atoms with Gasteiger partial charge < -0.3 is 19.4 Å². The average molecular weight is 556 g/mol. The number of aryl methyl sites for hydroxylation is 1. The van der Waals surface area contributed by atoms with E-state index in [0.717, 1.165) is 60.4 Å². The zero-order valence-corrected chi connectivity index (χ0v) is 23.0. The highest BCUT2D eigenvalue weighted by molar-refractivity contribution is 5.81. The van der Waals surface area contributed by atoms with Crippen LogP contribution in [-0.2, 0) is 16.0 Å². The molecule has 6 rings (SSSR count). The molecule has 1 heterocycles. The Morgan fingerprint density at radius 3 is 2.62 bits per heavy atom. The predicted octanol–water partition coefficient (Wildman–Crippen LogP) is 6.57. The maximum atomic E-state index is 13.0. The van der Waals surface area contributed by atoms with Crippen molar-refractivity contribution < 1.29 is 27.4 Å². The molecule has 40 heavy (non-hydrogen) atoms. The van der Waals surface area contributed by atoms with E-state index in [4.69, 9.17) is 9.47 Å². The molecule has 214 valence electrons. The summed E-state index contributed by atoms with van der Waals surface area (Å²) >= 11 is 0. The van der Waals surface area contributed by atoms with E-state index in [2.05, 4.69) is 33.1 Å². The number of aromatic nitrogens is 2. The summed E-state index contributed by atoms with van der Waals surface area (Å²) in [5, 5.41) is 0. The van der Waals surface area contributed by atoms with Gasteiger partial charge in [-0.3, -0.25) is 4.79 Å². The molecule has 6 nitrogen and oxygen atoms in total. The van der Waals surface area contributed by atoms with Gasteiger partial charge in [-0.15, -0.1) is 0 Å². The molecule has 1 aromatic heterocycles. The molecule has 2 bridgehead atoms. The molecule has 0 aliphatic heterocycles. The van der Waals surface area contributed by atoms with Crippen molar-refractivity contribution in [1.82, 2.24) is 14.9 Å². The summed E-state index contributed by atoms with van der Waals surface area (Å²) in [5.74, 6) is 0.477. The molecule has 3 unspecified atom stereocenters. The Morgan fingerprint density at radius 2 is 1.93 bits per heavy atom. The third-order valence-corrected chi connectivity index (χ3v) is 8.30. The van der Waals surface area contributed by atoms with Crippen LogP contribution in [0.15, 0.2) is 54.6 Å². The van der Waals surface area contributed by atoms with Crippen LogP contribution < -0.4 is 4.74 Å². The first kappa shape index (κ1) is 28.2. The lowest BCUT2D eigenvalue weighted by molar-refractivity contribution is -0.192. The van der Waals surface area contributed by atoms with Crippen molar-refractivity contribution >= 4 is 22.6 Å². The number of nitrogens with zero attached hydrogens (tertiary/aromatic N) is 2. The van der Waals surface area contributed by atoms with Crippen molar-refractivity contribution in [2.45, 2.75) is 56.7 Å². The number of H-pyrrole nitrogens is 1. The minimum atomic E-state index is -4.59. The van der Waals surface area contributed by atoms with Crippen LogP contribution in [0.25, 0.3) is 16.6 Å². The number of hydrogen-bond acceptors (Lipinski definition) is 5. The molecule has 1 saturated carbocycles. The van der Waals surface area contributed by atoms with E-state index in [0.29, 0.717) is 19.4 Å². The van der Waals surface area contributed by atoms with Crippen LogP contribution in [0.1, 0.15) is 49.9 Å². The van der Waals surface area contributed by atoms with E-state index in [1.165, 1.54) is 5.57 Å². The Morgan fingerprint density at radius 1 is 1.12 bits per heavy atom. The summed E-state index contributed by atoms with van der Waals surface area (Å²) in [6.45, 7) is 1.39. The van der Waals surface area contributed by atoms with Gasteiger partial charge >= 0.3 is 12.1 Å². The van der Waals surface area contributed by atoms with Crippen molar-refractivity contribution in [2.24, 2.45) is 11.8 Å². The standard InChI is InChI=1S/C31H36F3N3O3/c1-37(16-7-12-27-35-25-10-6-11-26(39-2)29(25)36-27)17-15-30(40-28(38)20-31(32,33)34)19-22-13-14-23(30)18-24(22)21-8-4-3-5-9-21/h3-6,8-11,18,22-23H,7,12-17,19-20H2,1-2H3,(H,35,36). The molecule has 0 spiro atoms. The summed E-state index contributed by atoms with van der Waals surface area (Å²) in [6.07, 6.45) is 0.413. The van der Waals surface area contributed by atoms with Gasteiger partial charge in [-0.25, -0.2) is 4.98 Å². The fourth-order valence-electron chi connectivity index (χ4n) is 6.36. The molecule has 3 atom stereocenters. The van der Waals surface area contributed by atoms with Gasteiger partial charge in [-0.1, -0.05) is 42.5 Å². The highest BCUT2D eigenvalue weighted by Gasteiger charge is 2.51. The number of rotatable bonds is 11. The predicted molar refractivity (Wildman–Crippen MR) is 148 cm³/mol. The Balaban J connectivity index is 1.24. The number of halogens is 3. The Bertz CT molecular complexity index is 1350. The van der Waals surface area contributed by atoms with Gasteiger partial charge in [0.1, 0.15) is 29.1 Å². The van der Waals surface area contributed by atoms with Crippen LogP contribution in [0.4, 0.5) is 13.2 Å². The molecular weight excluding hydrogens is 519 g/mol. The van der Waals surface area contributed by atoms with Crippen molar-refractivity contribution in [3.63, 3.8) is 0 Å². The number of carbonyl (C=O) groups excluding carboxylic acids is 1. The second kappa shape index (κ2) is 11.6. The van der Waals surface area contributed by atoms with Gasteiger partial charge in [-0.05, 0) is 68.5 Å². The van der Waals surface area contributed by atoms with Gasteiger partial charge in [0.25, 0.3) is 0 Å². The summed E-state index contributed by atoms with van der Waals surface area (Å²) in [5.41, 5.74) is 3.17. The highest BCUT2D eigenvalue weighted by Crippen LogP contribution is 2.53. The van der Waals surface area contributed by atoms with Gasteiger partial charge in [0.15, 0.2) is 0 Å². The van der Waals surface area contributed by atoms with Crippen LogP contribution >= 0.6 is 0 Å². The van der Waals surface area contributed by atoms with Crippen LogP contribution in [0.3, 0.4) is 0 Å². The lowest BCUT2D eigenvalue weighted by atomic mass is 9.60. The molecule has 0 amide bonds. The van der Waals surface area contributed by atoms with E-state index in [-0.39, 0.29) is 11.8 Å². The Hall–Kier alpha value is -3.33. The van der Waals surface area contributed by atoms with Gasteiger partial charge in [0.05, 0.1) is 12.6 Å². The number of aromatic amines is 1. The maximum absolute atomic E-state index is 13.0. The zero-order chi connectivity index (χ0) is 28.3. The third kappa shape index (κ3) is 6.35. The van der Waals surface area contributed by atoms with E-state index in [9.17, 15) is 18.0 Å². The Kier molecular flexibility index (Phi) is 8.21. The van der Waals surface area contributed by atoms with E-state index < -0.39 is 24.2 Å². The first-order valence-corrected chi connectivity index (χ1v) is 13.9. The molecule has 9 heteroatoms. The van der Waals surface area contributed by atoms with Gasteiger partial charge in [-0.2, -0.15) is 13.2 Å². The van der Waals surface area contributed by atoms with Crippen LogP contribution in [0.5, 0.6) is 5.75 Å². The lowest BCUT2D eigenvalue weighted by Crippen LogP contribution is -2.51. The molecule has 0 radical (unpaired) electrons. The first-order valence-electron chi connectivity index (χ1n) is 13.9. The number of para-hydroxylation sites is 1. The van der Waals surface area contributed by atoms with Crippen molar-refractivity contribution in [2.75, 3.05) is 27.2 Å². The van der Waals surface area contributed by atoms with Crippen molar-refractivity contribution in [1.29, 1.82) is 0 Å². The Labute approximate surface area is 232 Å². The number of allylic oxidation sites excluding steroid dienone is 1. The van der Waals surface area contributed by atoms with Crippen LogP contribution in [0, 0.1) is 11.8 Å². The second-order valence-corrected chi connectivity index (χ2v) is 11.1. The third-order valence-electron chi connectivity index (χ3n) is 8.30. The fourth-order valence-corrected chi connectivity index (χ4v) is 6.36. The number of benzene rings is 2. The summed E-state index contributed by atoms with van der Waals surface area (Å²) < 4.78 is 50.3. The van der Waals surface area contributed by atoms with E-state index >= 15 is 0 Å². The number of hydrogen-bond donors (Lipinski definition) is 1. The monoisotopic (exact) mass is 555 g/mol. The molecular formula is C31H36F3N3O3. The van der Waals surface area contributed by atoms with Crippen molar-refractivity contribution in [3.8, 4) is 5.75 Å². The largest absolute Gasteiger partial charge is 0.494 e. The quantitative estimate of drug-likeness (QED) is 0.271. The number of fused-ring (bicyclic) bond motifs is 3. The first-order chi connectivity index (χ1) is 19.2.